The fourth-order valence-electron chi connectivity index (χ4n) is 1.52. The first kappa shape index (κ1) is 13.0. The standard InChI is InChI=1S/C12H19NO2S/c1-4-13-11-5-7-12(8-6-11)16(14,15)9-10(2)3/h5-8,10,13H,4,9H2,1-3H3. The number of hydrogen-bond acceptors (Lipinski definition) is 3. The normalized spacial score (nSPS) is 11.8. The van der Waals surface area contributed by atoms with Gasteiger partial charge in [0.05, 0.1) is 10.6 Å². The molecule has 0 atom stereocenters. The highest BCUT2D eigenvalue weighted by molar-refractivity contribution is 7.91. The highest BCUT2D eigenvalue weighted by atomic mass is 32.2. The van der Waals surface area contributed by atoms with Crippen LogP contribution in [0, 0.1) is 5.92 Å². The third kappa shape index (κ3) is 3.52. The maximum atomic E-state index is 11.9. The summed E-state index contributed by atoms with van der Waals surface area (Å²) in [6.45, 7) is 6.65. The molecule has 0 spiro atoms. The molecule has 0 aliphatic rings. The molecule has 0 aromatic heterocycles. The predicted octanol–water partition coefficient (Wildman–Crippen LogP) is 2.55. The fraction of sp³-hybridized carbons (Fsp3) is 0.500. The minimum Gasteiger partial charge on any atom is -0.385 e. The van der Waals surface area contributed by atoms with E-state index in [0.717, 1.165) is 12.2 Å². The van der Waals surface area contributed by atoms with Crippen LogP contribution in [0.25, 0.3) is 0 Å². The van der Waals surface area contributed by atoms with Crippen molar-refractivity contribution in [1.29, 1.82) is 0 Å². The second-order valence-corrected chi connectivity index (χ2v) is 6.26. The molecule has 0 fully saturated rings. The molecule has 3 nitrogen and oxygen atoms in total. The third-order valence-electron chi connectivity index (χ3n) is 2.15. The van der Waals surface area contributed by atoms with E-state index in [9.17, 15) is 8.42 Å². The van der Waals surface area contributed by atoms with Gasteiger partial charge in [0.25, 0.3) is 0 Å². The molecule has 0 radical (unpaired) electrons. The molecule has 0 bridgehead atoms. The van der Waals surface area contributed by atoms with Crippen molar-refractivity contribution >= 4 is 15.5 Å². The number of benzene rings is 1. The molecule has 90 valence electrons. The molecule has 1 N–H and O–H groups in total. The smallest absolute Gasteiger partial charge is 0.178 e. The molecule has 0 saturated heterocycles. The van der Waals surface area contributed by atoms with Crippen molar-refractivity contribution in [2.45, 2.75) is 25.7 Å². The van der Waals surface area contributed by atoms with Crippen LogP contribution < -0.4 is 5.32 Å². The molecule has 1 aromatic carbocycles. The molecule has 16 heavy (non-hydrogen) atoms. The summed E-state index contributed by atoms with van der Waals surface area (Å²) in [4.78, 5) is 0.405. The lowest BCUT2D eigenvalue weighted by molar-refractivity contribution is 0.582. The van der Waals surface area contributed by atoms with Crippen LogP contribution in [0.2, 0.25) is 0 Å². The minimum absolute atomic E-state index is 0.151. The average molecular weight is 241 g/mol. The van der Waals surface area contributed by atoms with Crippen molar-refractivity contribution in [3.05, 3.63) is 24.3 Å². The second kappa shape index (κ2) is 5.34. The summed E-state index contributed by atoms with van der Waals surface area (Å²) in [5, 5.41) is 3.13. The second-order valence-electron chi connectivity index (χ2n) is 4.23. The van der Waals surface area contributed by atoms with Gasteiger partial charge in [0.2, 0.25) is 0 Å². The summed E-state index contributed by atoms with van der Waals surface area (Å²) in [6.07, 6.45) is 0. The Morgan fingerprint density at radius 1 is 1.19 bits per heavy atom. The van der Waals surface area contributed by atoms with Crippen molar-refractivity contribution in [3.63, 3.8) is 0 Å². The molecule has 0 heterocycles. The molecule has 0 amide bonds. The van der Waals surface area contributed by atoms with Gasteiger partial charge in [-0.25, -0.2) is 8.42 Å². The van der Waals surface area contributed by atoms with E-state index in [1.165, 1.54) is 0 Å². The van der Waals surface area contributed by atoms with Gasteiger partial charge in [0.1, 0.15) is 0 Å². The van der Waals surface area contributed by atoms with Gasteiger partial charge in [-0.3, -0.25) is 0 Å². The minimum atomic E-state index is -3.12. The Morgan fingerprint density at radius 2 is 1.75 bits per heavy atom. The van der Waals surface area contributed by atoms with Gasteiger partial charge >= 0.3 is 0 Å². The van der Waals surface area contributed by atoms with Crippen molar-refractivity contribution < 1.29 is 8.42 Å². The summed E-state index contributed by atoms with van der Waals surface area (Å²) < 4.78 is 23.8. The number of rotatable bonds is 5. The Balaban J connectivity index is 2.89. The lowest BCUT2D eigenvalue weighted by atomic mass is 10.3. The lowest BCUT2D eigenvalue weighted by Gasteiger charge is -2.08. The van der Waals surface area contributed by atoms with E-state index in [2.05, 4.69) is 5.32 Å². The number of hydrogen-bond donors (Lipinski definition) is 1. The predicted molar refractivity (Wildman–Crippen MR) is 67.5 cm³/mol. The quantitative estimate of drug-likeness (QED) is 0.861. The zero-order chi connectivity index (χ0) is 12.2. The Bertz CT molecular complexity index is 421. The van der Waals surface area contributed by atoms with Gasteiger partial charge in [-0.1, -0.05) is 13.8 Å². The van der Waals surface area contributed by atoms with E-state index in [1.54, 1.807) is 24.3 Å². The van der Waals surface area contributed by atoms with Crippen molar-refractivity contribution in [2.75, 3.05) is 17.6 Å². The topological polar surface area (TPSA) is 46.2 Å². The summed E-state index contributed by atoms with van der Waals surface area (Å²) in [5.74, 6) is 0.353. The van der Waals surface area contributed by atoms with Crippen LogP contribution in [-0.4, -0.2) is 20.7 Å². The van der Waals surface area contributed by atoms with Crippen LogP contribution in [0.4, 0.5) is 5.69 Å². The lowest BCUT2D eigenvalue weighted by Crippen LogP contribution is -2.11. The maximum absolute atomic E-state index is 11.9. The molecule has 4 heteroatoms. The Kier molecular flexibility index (Phi) is 4.35. The largest absolute Gasteiger partial charge is 0.385 e. The zero-order valence-electron chi connectivity index (χ0n) is 10.0. The molecular formula is C12H19NO2S. The van der Waals surface area contributed by atoms with Crippen LogP contribution in [0.1, 0.15) is 20.8 Å². The van der Waals surface area contributed by atoms with E-state index in [4.69, 9.17) is 0 Å². The van der Waals surface area contributed by atoms with Crippen LogP contribution in [-0.2, 0) is 9.84 Å². The first-order valence-electron chi connectivity index (χ1n) is 5.52. The molecule has 0 aliphatic carbocycles. The molecule has 0 aliphatic heterocycles. The van der Waals surface area contributed by atoms with E-state index >= 15 is 0 Å². The van der Waals surface area contributed by atoms with Crippen LogP contribution in [0.3, 0.4) is 0 Å². The van der Waals surface area contributed by atoms with Gasteiger partial charge in [0.15, 0.2) is 9.84 Å². The van der Waals surface area contributed by atoms with Gasteiger partial charge in [-0.15, -0.1) is 0 Å². The summed E-state index contributed by atoms with van der Waals surface area (Å²) in [5.41, 5.74) is 0.950. The summed E-state index contributed by atoms with van der Waals surface area (Å²) in [6, 6.07) is 6.93. The van der Waals surface area contributed by atoms with Crippen LogP contribution in [0.5, 0.6) is 0 Å². The highest BCUT2D eigenvalue weighted by Crippen LogP contribution is 2.17. The SMILES string of the molecule is CCNc1ccc(S(=O)(=O)CC(C)C)cc1. The van der Waals surface area contributed by atoms with E-state index in [1.807, 2.05) is 20.8 Å². The highest BCUT2D eigenvalue weighted by Gasteiger charge is 2.15. The Hall–Kier alpha value is -1.03. The van der Waals surface area contributed by atoms with Crippen molar-refractivity contribution in [3.8, 4) is 0 Å². The first-order valence-corrected chi connectivity index (χ1v) is 7.17. The summed E-state index contributed by atoms with van der Waals surface area (Å²) in [7, 11) is -3.12. The van der Waals surface area contributed by atoms with Gasteiger partial charge in [-0.05, 0) is 37.1 Å². The van der Waals surface area contributed by atoms with Gasteiger partial charge in [0, 0.05) is 12.2 Å². The Morgan fingerprint density at radius 3 is 2.19 bits per heavy atom. The van der Waals surface area contributed by atoms with E-state index in [-0.39, 0.29) is 11.7 Å². The molecule has 1 aromatic rings. The monoisotopic (exact) mass is 241 g/mol. The third-order valence-corrected chi connectivity index (χ3v) is 4.24. The number of anilines is 1. The van der Waals surface area contributed by atoms with Crippen LogP contribution in [0.15, 0.2) is 29.2 Å². The average Bonchev–Trinajstić information content (AvgIpc) is 2.17. The molecule has 0 unspecified atom stereocenters. The maximum Gasteiger partial charge on any atom is 0.178 e. The molecular weight excluding hydrogens is 222 g/mol. The Labute approximate surface area is 97.8 Å². The van der Waals surface area contributed by atoms with E-state index in [0.29, 0.717) is 4.90 Å². The van der Waals surface area contributed by atoms with Crippen LogP contribution >= 0.6 is 0 Å². The van der Waals surface area contributed by atoms with Gasteiger partial charge < -0.3 is 5.32 Å². The van der Waals surface area contributed by atoms with Gasteiger partial charge in [-0.2, -0.15) is 0 Å². The first-order chi connectivity index (χ1) is 7.45. The van der Waals surface area contributed by atoms with Crippen molar-refractivity contribution in [1.82, 2.24) is 0 Å². The molecule has 0 saturated carbocycles. The summed E-state index contributed by atoms with van der Waals surface area (Å²) >= 11 is 0. The van der Waals surface area contributed by atoms with Crippen molar-refractivity contribution in [2.24, 2.45) is 5.92 Å². The number of sulfone groups is 1. The fourth-order valence-corrected chi connectivity index (χ4v) is 3.14. The van der Waals surface area contributed by atoms with E-state index < -0.39 is 9.84 Å². The zero-order valence-corrected chi connectivity index (χ0v) is 10.8. The number of nitrogens with one attached hydrogen (secondary N) is 1. The molecule has 1 rings (SSSR count).